The van der Waals surface area contributed by atoms with Crippen LogP contribution in [0.15, 0.2) is 12.2 Å². The van der Waals surface area contributed by atoms with Crippen molar-refractivity contribution in [2.75, 3.05) is 6.54 Å². The van der Waals surface area contributed by atoms with Crippen LogP contribution in [0, 0.1) is 5.92 Å². The van der Waals surface area contributed by atoms with Gasteiger partial charge >= 0.3 is 0 Å². The highest BCUT2D eigenvalue weighted by Crippen LogP contribution is 2.29. The number of hydrogen-bond donors (Lipinski definition) is 1. The van der Waals surface area contributed by atoms with Crippen molar-refractivity contribution in [2.24, 2.45) is 5.92 Å². The van der Waals surface area contributed by atoms with Gasteiger partial charge in [-0.2, -0.15) is 0 Å². The van der Waals surface area contributed by atoms with E-state index in [1.54, 1.807) is 0 Å². The van der Waals surface area contributed by atoms with Gasteiger partial charge in [-0.15, -0.1) is 6.58 Å². The second kappa shape index (κ2) is 6.23. The molecule has 1 atom stereocenters. The lowest BCUT2D eigenvalue weighted by molar-refractivity contribution is 0.390. The van der Waals surface area contributed by atoms with Gasteiger partial charge in [-0.3, -0.25) is 0 Å². The van der Waals surface area contributed by atoms with Crippen molar-refractivity contribution in [3.05, 3.63) is 12.2 Å². The zero-order valence-electron chi connectivity index (χ0n) is 9.81. The summed E-state index contributed by atoms with van der Waals surface area (Å²) in [6, 6.07) is 0.681. The third kappa shape index (κ3) is 4.28. The summed E-state index contributed by atoms with van der Waals surface area (Å²) in [6.45, 7) is 9.43. The van der Waals surface area contributed by atoms with Gasteiger partial charge in [0.2, 0.25) is 0 Å². The molecule has 0 amide bonds. The third-order valence-electron chi connectivity index (χ3n) is 3.18. The molecule has 0 heterocycles. The van der Waals surface area contributed by atoms with Gasteiger partial charge in [-0.25, -0.2) is 0 Å². The predicted molar refractivity (Wildman–Crippen MR) is 63.5 cm³/mol. The Labute approximate surface area is 89.0 Å². The molecular formula is C13H25N. The minimum atomic E-state index is 0.681. The maximum absolute atomic E-state index is 4.01. The van der Waals surface area contributed by atoms with E-state index in [9.17, 15) is 0 Å². The maximum atomic E-state index is 4.01. The van der Waals surface area contributed by atoms with Crippen molar-refractivity contribution in [3.63, 3.8) is 0 Å². The molecule has 82 valence electrons. The Bertz CT molecular complexity index is 168. The summed E-state index contributed by atoms with van der Waals surface area (Å²) in [7, 11) is 0. The molecule has 0 aromatic carbocycles. The molecule has 0 bridgehead atoms. The average molecular weight is 195 g/mol. The SMILES string of the molecule is C=C(C)CC(CC1CCCC1)NCC. The second-order valence-corrected chi connectivity index (χ2v) is 4.80. The van der Waals surface area contributed by atoms with Gasteiger partial charge in [-0.05, 0) is 32.2 Å². The van der Waals surface area contributed by atoms with Gasteiger partial charge in [0.15, 0.2) is 0 Å². The van der Waals surface area contributed by atoms with Crippen LogP contribution in [0.2, 0.25) is 0 Å². The fourth-order valence-electron chi connectivity index (χ4n) is 2.60. The van der Waals surface area contributed by atoms with Crippen LogP contribution in [0.5, 0.6) is 0 Å². The molecule has 1 aliphatic carbocycles. The fraction of sp³-hybridized carbons (Fsp3) is 0.846. The van der Waals surface area contributed by atoms with Crippen LogP contribution in [0.4, 0.5) is 0 Å². The average Bonchev–Trinajstić information content (AvgIpc) is 2.56. The smallest absolute Gasteiger partial charge is 0.0106 e. The highest BCUT2D eigenvalue weighted by Gasteiger charge is 2.19. The van der Waals surface area contributed by atoms with Gasteiger partial charge in [-0.1, -0.05) is 38.2 Å². The van der Waals surface area contributed by atoms with E-state index in [1.165, 1.54) is 37.7 Å². The molecule has 1 saturated carbocycles. The summed E-state index contributed by atoms with van der Waals surface area (Å²) in [5.74, 6) is 0.985. The lowest BCUT2D eigenvalue weighted by Crippen LogP contribution is -2.30. The molecule has 0 spiro atoms. The van der Waals surface area contributed by atoms with E-state index in [0.29, 0.717) is 6.04 Å². The molecule has 1 fully saturated rings. The summed E-state index contributed by atoms with van der Waals surface area (Å²) in [5, 5.41) is 3.58. The highest BCUT2D eigenvalue weighted by molar-refractivity contribution is 4.93. The third-order valence-corrected chi connectivity index (χ3v) is 3.18. The van der Waals surface area contributed by atoms with E-state index < -0.39 is 0 Å². The monoisotopic (exact) mass is 195 g/mol. The molecular weight excluding hydrogens is 170 g/mol. The Morgan fingerprint density at radius 2 is 2.07 bits per heavy atom. The van der Waals surface area contributed by atoms with Crippen molar-refractivity contribution in [1.29, 1.82) is 0 Å². The first-order valence-corrected chi connectivity index (χ1v) is 6.10. The molecule has 1 N–H and O–H groups in total. The molecule has 0 radical (unpaired) electrons. The predicted octanol–water partition coefficient (Wildman–Crippen LogP) is 3.51. The van der Waals surface area contributed by atoms with Gasteiger partial charge in [0, 0.05) is 6.04 Å². The standard InChI is InChI=1S/C13H25N/c1-4-14-13(9-11(2)3)10-12-7-5-6-8-12/h12-14H,2,4-10H2,1,3H3. The van der Waals surface area contributed by atoms with E-state index in [-0.39, 0.29) is 0 Å². The van der Waals surface area contributed by atoms with Gasteiger partial charge in [0.05, 0.1) is 0 Å². The molecule has 0 aromatic heterocycles. The molecule has 1 aliphatic rings. The molecule has 14 heavy (non-hydrogen) atoms. The Balaban J connectivity index is 2.29. The first-order valence-electron chi connectivity index (χ1n) is 6.10. The largest absolute Gasteiger partial charge is 0.314 e. The number of hydrogen-bond acceptors (Lipinski definition) is 1. The minimum Gasteiger partial charge on any atom is -0.314 e. The van der Waals surface area contributed by atoms with Crippen LogP contribution >= 0.6 is 0 Å². The van der Waals surface area contributed by atoms with Crippen LogP contribution in [-0.4, -0.2) is 12.6 Å². The molecule has 0 aliphatic heterocycles. The van der Waals surface area contributed by atoms with E-state index in [1.807, 2.05) is 0 Å². The zero-order chi connectivity index (χ0) is 10.4. The Morgan fingerprint density at radius 1 is 1.43 bits per heavy atom. The number of rotatable bonds is 6. The maximum Gasteiger partial charge on any atom is 0.0106 e. The van der Waals surface area contributed by atoms with Crippen molar-refractivity contribution in [3.8, 4) is 0 Å². The molecule has 1 nitrogen and oxygen atoms in total. The van der Waals surface area contributed by atoms with Gasteiger partial charge in [0.1, 0.15) is 0 Å². The first kappa shape index (κ1) is 11.8. The summed E-state index contributed by atoms with van der Waals surface area (Å²) >= 11 is 0. The minimum absolute atomic E-state index is 0.681. The van der Waals surface area contributed by atoms with Crippen LogP contribution in [0.25, 0.3) is 0 Å². The summed E-state index contributed by atoms with van der Waals surface area (Å²) < 4.78 is 0. The molecule has 1 rings (SSSR count). The Morgan fingerprint density at radius 3 is 2.57 bits per heavy atom. The first-order chi connectivity index (χ1) is 6.72. The molecule has 0 saturated heterocycles. The van der Waals surface area contributed by atoms with Crippen LogP contribution in [0.1, 0.15) is 52.4 Å². The van der Waals surface area contributed by atoms with E-state index in [2.05, 4.69) is 25.7 Å². The van der Waals surface area contributed by atoms with Crippen LogP contribution in [-0.2, 0) is 0 Å². The van der Waals surface area contributed by atoms with Gasteiger partial charge in [0.25, 0.3) is 0 Å². The van der Waals surface area contributed by atoms with Crippen molar-refractivity contribution in [2.45, 2.75) is 58.4 Å². The van der Waals surface area contributed by atoms with Crippen molar-refractivity contribution >= 4 is 0 Å². The Kier molecular flexibility index (Phi) is 5.24. The molecule has 1 unspecified atom stereocenters. The summed E-state index contributed by atoms with van der Waals surface area (Å²) in [6.07, 6.45) is 8.34. The lowest BCUT2D eigenvalue weighted by atomic mass is 9.94. The zero-order valence-corrected chi connectivity index (χ0v) is 9.81. The van der Waals surface area contributed by atoms with Crippen LogP contribution < -0.4 is 5.32 Å². The Hall–Kier alpha value is -0.300. The normalized spacial score (nSPS) is 19.9. The molecule has 1 heteroatoms. The highest BCUT2D eigenvalue weighted by atomic mass is 14.9. The number of nitrogens with one attached hydrogen (secondary N) is 1. The topological polar surface area (TPSA) is 12.0 Å². The lowest BCUT2D eigenvalue weighted by Gasteiger charge is -2.21. The summed E-state index contributed by atoms with van der Waals surface area (Å²) in [4.78, 5) is 0. The quantitative estimate of drug-likeness (QED) is 0.640. The summed E-state index contributed by atoms with van der Waals surface area (Å²) in [5.41, 5.74) is 1.31. The molecule has 0 aromatic rings. The van der Waals surface area contributed by atoms with Crippen molar-refractivity contribution < 1.29 is 0 Å². The van der Waals surface area contributed by atoms with Crippen LogP contribution in [0.3, 0.4) is 0 Å². The second-order valence-electron chi connectivity index (χ2n) is 4.80. The van der Waals surface area contributed by atoms with E-state index in [0.717, 1.165) is 18.9 Å². The van der Waals surface area contributed by atoms with E-state index >= 15 is 0 Å². The fourth-order valence-corrected chi connectivity index (χ4v) is 2.60. The van der Waals surface area contributed by atoms with Crippen molar-refractivity contribution in [1.82, 2.24) is 5.32 Å². The van der Waals surface area contributed by atoms with E-state index in [4.69, 9.17) is 0 Å². The van der Waals surface area contributed by atoms with Gasteiger partial charge < -0.3 is 5.32 Å².